The largest absolute Gasteiger partial charge is 0.491 e. The topological polar surface area (TPSA) is 139 Å². The van der Waals surface area contributed by atoms with Crippen molar-refractivity contribution < 1.29 is 27.8 Å². The van der Waals surface area contributed by atoms with E-state index in [0.717, 1.165) is 17.0 Å². The SMILES string of the molecule is NCCOc1cnc2ccc(-c3[nH]c(CNc4ccc(F)c(C(=O)O)c4)nc3-c3cccc(C(F)F)n3)cc2c1. The van der Waals surface area contributed by atoms with Gasteiger partial charge < -0.3 is 25.9 Å². The standard InChI is InChI=1S/C28H23F3N6O3/c29-20-6-5-17(12-19(20)28(38)39)33-14-24-36-25(26(37-24)22-2-1-3-23(35-22)27(30)31)15-4-7-21-16(10-15)11-18(13-34-21)40-9-8-32/h1-7,10-13,27,33H,8-9,14,32H2,(H,36,37)(H,38,39). The Morgan fingerprint density at radius 3 is 2.73 bits per heavy atom. The third-order valence-electron chi connectivity index (χ3n) is 5.98. The van der Waals surface area contributed by atoms with E-state index < -0.39 is 23.8 Å². The number of hydrogen-bond acceptors (Lipinski definition) is 7. The van der Waals surface area contributed by atoms with Crippen molar-refractivity contribution in [3.05, 3.63) is 89.8 Å². The number of ether oxygens (including phenoxy) is 1. The van der Waals surface area contributed by atoms with E-state index in [4.69, 9.17) is 10.5 Å². The van der Waals surface area contributed by atoms with Crippen LogP contribution in [0.25, 0.3) is 33.5 Å². The lowest BCUT2D eigenvalue weighted by atomic mass is 10.1. The second-order valence-electron chi connectivity index (χ2n) is 8.72. The first kappa shape index (κ1) is 26.6. The van der Waals surface area contributed by atoms with Crippen molar-refractivity contribution in [2.24, 2.45) is 5.73 Å². The Kier molecular flexibility index (Phi) is 7.60. The molecule has 5 rings (SSSR count). The summed E-state index contributed by atoms with van der Waals surface area (Å²) in [6, 6.07) is 15.3. The zero-order valence-corrected chi connectivity index (χ0v) is 20.9. The molecule has 9 nitrogen and oxygen atoms in total. The molecule has 5 aromatic rings. The van der Waals surface area contributed by atoms with Gasteiger partial charge in [-0.05, 0) is 48.5 Å². The van der Waals surface area contributed by atoms with E-state index in [9.17, 15) is 23.1 Å². The predicted octanol–water partition coefficient (Wildman–Crippen LogP) is 5.41. The van der Waals surface area contributed by atoms with E-state index in [-0.39, 0.29) is 17.9 Å². The Labute approximate surface area is 225 Å². The highest BCUT2D eigenvalue weighted by Gasteiger charge is 2.19. The monoisotopic (exact) mass is 548 g/mol. The predicted molar refractivity (Wildman–Crippen MR) is 143 cm³/mol. The molecule has 0 aliphatic rings. The Bertz CT molecular complexity index is 1690. The fraction of sp³-hybridized carbons (Fsp3) is 0.143. The highest BCUT2D eigenvalue weighted by Crippen LogP contribution is 2.33. The summed E-state index contributed by atoms with van der Waals surface area (Å²) in [6.07, 6.45) is -1.15. The molecule has 0 bridgehead atoms. The van der Waals surface area contributed by atoms with Crippen LogP contribution in [-0.2, 0) is 6.54 Å². The number of aromatic amines is 1. The van der Waals surface area contributed by atoms with Gasteiger partial charge in [0.2, 0.25) is 0 Å². The second kappa shape index (κ2) is 11.4. The summed E-state index contributed by atoms with van der Waals surface area (Å²) < 4.78 is 46.2. The average molecular weight is 549 g/mol. The third kappa shape index (κ3) is 5.71. The van der Waals surface area contributed by atoms with Gasteiger partial charge in [-0.25, -0.2) is 27.9 Å². The van der Waals surface area contributed by atoms with E-state index in [1.54, 1.807) is 12.3 Å². The maximum atomic E-state index is 13.8. The van der Waals surface area contributed by atoms with Crippen LogP contribution >= 0.6 is 0 Å². The summed E-state index contributed by atoms with van der Waals surface area (Å²) in [4.78, 5) is 27.6. The first-order valence-corrected chi connectivity index (χ1v) is 12.2. The fourth-order valence-corrected chi connectivity index (χ4v) is 4.11. The van der Waals surface area contributed by atoms with Crippen LogP contribution in [0.15, 0.2) is 66.9 Å². The van der Waals surface area contributed by atoms with Gasteiger partial charge >= 0.3 is 5.97 Å². The van der Waals surface area contributed by atoms with Crippen molar-refractivity contribution in [1.82, 2.24) is 19.9 Å². The van der Waals surface area contributed by atoms with Crippen molar-refractivity contribution in [3.63, 3.8) is 0 Å². The normalized spacial score (nSPS) is 11.2. The number of nitrogens with one attached hydrogen (secondary N) is 2. The number of carboxylic acid groups (broad SMARTS) is 1. The number of imidazole rings is 1. The van der Waals surface area contributed by atoms with Gasteiger partial charge in [0, 0.05) is 23.2 Å². The van der Waals surface area contributed by atoms with Gasteiger partial charge in [-0.2, -0.15) is 0 Å². The van der Waals surface area contributed by atoms with Crippen molar-refractivity contribution in [2.45, 2.75) is 13.0 Å². The van der Waals surface area contributed by atoms with E-state index in [0.29, 0.717) is 47.4 Å². The molecule has 0 radical (unpaired) electrons. The summed E-state index contributed by atoms with van der Waals surface area (Å²) in [7, 11) is 0. The Hall–Kier alpha value is -4.97. The molecular formula is C28H23F3N6O3. The minimum Gasteiger partial charge on any atom is -0.491 e. The second-order valence-corrected chi connectivity index (χ2v) is 8.72. The molecule has 3 aromatic heterocycles. The van der Waals surface area contributed by atoms with Crippen LogP contribution < -0.4 is 15.8 Å². The van der Waals surface area contributed by atoms with E-state index in [1.165, 1.54) is 24.3 Å². The molecule has 0 fully saturated rings. The van der Waals surface area contributed by atoms with Gasteiger partial charge in [-0.1, -0.05) is 12.1 Å². The highest BCUT2D eigenvalue weighted by atomic mass is 19.3. The number of aromatic carboxylic acids is 1. The van der Waals surface area contributed by atoms with Crippen LogP contribution in [0.5, 0.6) is 5.75 Å². The number of hydrogen-bond donors (Lipinski definition) is 4. The molecule has 0 saturated heterocycles. The lowest BCUT2D eigenvalue weighted by Crippen LogP contribution is -2.10. The number of benzene rings is 2. The van der Waals surface area contributed by atoms with E-state index in [2.05, 4.69) is 25.3 Å². The molecule has 5 N–H and O–H groups in total. The average Bonchev–Trinajstić information content (AvgIpc) is 3.39. The first-order chi connectivity index (χ1) is 19.3. The molecule has 0 unspecified atom stereocenters. The zero-order chi connectivity index (χ0) is 28.2. The number of fused-ring (bicyclic) bond motifs is 1. The number of pyridine rings is 2. The summed E-state index contributed by atoms with van der Waals surface area (Å²) in [5, 5.41) is 13.0. The molecule has 0 aliphatic carbocycles. The maximum absolute atomic E-state index is 13.8. The Morgan fingerprint density at radius 2 is 1.95 bits per heavy atom. The molecular weight excluding hydrogens is 525 g/mol. The lowest BCUT2D eigenvalue weighted by molar-refractivity contribution is 0.0692. The highest BCUT2D eigenvalue weighted by molar-refractivity contribution is 5.89. The van der Waals surface area contributed by atoms with Gasteiger partial charge in [0.25, 0.3) is 6.43 Å². The number of alkyl halides is 2. The number of carbonyl (C=O) groups is 1. The van der Waals surface area contributed by atoms with Crippen molar-refractivity contribution >= 4 is 22.6 Å². The number of aromatic nitrogens is 4. The Morgan fingerprint density at radius 1 is 1.10 bits per heavy atom. The molecule has 40 heavy (non-hydrogen) atoms. The van der Waals surface area contributed by atoms with Crippen LogP contribution in [-0.4, -0.2) is 44.2 Å². The van der Waals surface area contributed by atoms with Crippen LogP contribution in [0.1, 0.15) is 28.3 Å². The molecule has 0 aliphatic heterocycles. The summed E-state index contributed by atoms with van der Waals surface area (Å²) in [5.41, 5.74) is 7.54. The minimum absolute atomic E-state index is 0.0957. The van der Waals surface area contributed by atoms with E-state index in [1.807, 2.05) is 24.3 Å². The number of H-pyrrole nitrogens is 1. The molecule has 3 heterocycles. The van der Waals surface area contributed by atoms with Gasteiger partial charge in [0.05, 0.1) is 35.2 Å². The minimum atomic E-state index is -2.76. The Balaban J connectivity index is 1.54. The van der Waals surface area contributed by atoms with E-state index >= 15 is 0 Å². The third-order valence-corrected chi connectivity index (χ3v) is 5.98. The number of carboxylic acids is 1. The molecule has 0 atom stereocenters. The zero-order valence-electron chi connectivity index (χ0n) is 20.9. The lowest BCUT2D eigenvalue weighted by Gasteiger charge is -2.08. The van der Waals surface area contributed by atoms with Gasteiger partial charge in [-0.15, -0.1) is 0 Å². The molecule has 0 saturated carbocycles. The smallest absolute Gasteiger partial charge is 0.338 e. The number of nitrogens with two attached hydrogens (primary N) is 1. The molecule has 2 aromatic carbocycles. The number of rotatable bonds is 10. The van der Waals surface area contributed by atoms with Crippen LogP contribution in [0, 0.1) is 5.82 Å². The van der Waals surface area contributed by atoms with Crippen molar-refractivity contribution in [1.29, 1.82) is 0 Å². The summed E-state index contributed by atoms with van der Waals surface area (Å²) in [5.74, 6) is -1.28. The fourth-order valence-electron chi connectivity index (χ4n) is 4.11. The van der Waals surface area contributed by atoms with Crippen LogP contribution in [0.3, 0.4) is 0 Å². The van der Waals surface area contributed by atoms with Gasteiger partial charge in [-0.3, -0.25) is 4.98 Å². The summed E-state index contributed by atoms with van der Waals surface area (Å²) >= 11 is 0. The quantitative estimate of drug-likeness (QED) is 0.182. The number of nitrogens with zero attached hydrogens (tertiary/aromatic N) is 3. The number of anilines is 1. The van der Waals surface area contributed by atoms with Gasteiger partial charge in [0.1, 0.15) is 35.4 Å². The van der Waals surface area contributed by atoms with Crippen LogP contribution in [0.4, 0.5) is 18.9 Å². The van der Waals surface area contributed by atoms with Gasteiger partial charge in [0.15, 0.2) is 0 Å². The molecule has 12 heteroatoms. The summed E-state index contributed by atoms with van der Waals surface area (Å²) in [6.45, 7) is 0.785. The molecule has 0 spiro atoms. The molecule has 204 valence electrons. The number of halogens is 3. The molecule has 0 amide bonds. The first-order valence-electron chi connectivity index (χ1n) is 12.2. The van der Waals surface area contributed by atoms with Crippen LogP contribution in [0.2, 0.25) is 0 Å². The van der Waals surface area contributed by atoms with Crippen molar-refractivity contribution in [3.8, 4) is 28.4 Å². The maximum Gasteiger partial charge on any atom is 0.338 e. The van der Waals surface area contributed by atoms with Crippen molar-refractivity contribution in [2.75, 3.05) is 18.5 Å².